The molecule has 2 aliphatic rings. The van der Waals surface area contributed by atoms with Crippen LogP contribution in [-0.4, -0.2) is 51.9 Å². The summed E-state index contributed by atoms with van der Waals surface area (Å²) < 4.78 is 43.1. The number of ether oxygens (including phenoxy) is 2. The highest BCUT2D eigenvalue weighted by atomic mass is 35.5. The maximum absolute atomic E-state index is 15.3. The Morgan fingerprint density at radius 3 is 2.65 bits per heavy atom. The van der Waals surface area contributed by atoms with Gasteiger partial charge in [-0.15, -0.1) is 11.3 Å². The van der Waals surface area contributed by atoms with Crippen molar-refractivity contribution in [3.05, 3.63) is 91.4 Å². The molecule has 0 spiro atoms. The molecule has 1 unspecified atom stereocenters. The molecule has 0 saturated heterocycles. The van der Waals surface area contributed by atoms with Gasteiger partial charge >= 0.3 is 0 Å². The summed E-state index contributed by atoms with van der Waals surface area (Å²) in [6.07, 6.45) is 3.92. The molecule has 1 fully saturated rings. The van der Waals surface area contributed by atoms with E-state index in [2.05, 4.69) is 15.4 Å². The standard InChI is InChI=1S/C33H27Cl2F2N5O5S/c1-32(31(38)44)14-47-29-19(32)10-24(40-28(29)18-9-20(34)22(37)11-21(18)36)33(45,25-5-6-26(35)48-25)13-39-30(43)15-7-16-12-42(17-3-4-17)41-27(16)23(8-15)46-2/h5-12,17,45H,3-4,13-14H2,1-2H3,(H2,38,44)(H,39,43)/t32-,33?/m0/s1. The first kappa shape index (κ1) is 32.3. The van der Waals surface area contributed by atoms with Gasteiger partial charge in [-0.3, -0.25) is 14.3 Å². The number of primary amides is 1. The second-order valence-electron chi connectivity index (χ2n) is 12.1. The van der Waals surface area contributed by atoms with Crippen LogP contribution in [0.25, 0.3) is 22.2 Å². The lowest BCUT2D eigenvalue weighted by Crippen LogP contribution is -2.43. The van der Waals surface area contributed by atoms with Crippen LogP contribution in [0.3, 0.4) is 0 Å². The van der Waals surface area contributed by atoms with Crippen LogP contribution in [-0.2, 0) is 15.8 Å². The Morgan fingerprint density at radius 1 is 1.21 bits per heavy atom. The lowest BCUT2D eigenvalue weighted by Gasteiger charge is -2.29. The number of fused-ring (bicyclic) bond motifs is 2. The minimum Gasteiger partial charge on any atom is -0.494 e. The van der Waals surface area contributed by atoms with Gasteiger partial charge in [0.25, 0.3) is 5.91 Å². The number of nitrogens with one attached hydrogen (secondary N) is 1. The summed E-state index contributed by atoms with van der Waals surface area (Å²) in [6.45, 7) is 0.908. The number of nitrogens with two attached hydrogens (primary N) is 1. The second kappa shape index (κ2) is 11.7. The number of carbonyl (C=O) groups excluding carboxylic acids is 2. The summed E-state index contributed by atoms with van der Waals surface area (Å²) in [6, 6.07) is 9.77. The maximum atomic E-state index is 15.3. The minimum atomic E-state index is -2.08. The van der Waals surface area contributed by atoms with Gasteiger partial charge in [0.05, 0.1) is 34.7 Å². The van der Waals surface area contributed by atoms with E-state index < -0.39 is 41.0 Å². The molecule has 1 saturated carbocycles. The monoisotopic (exact) mass is 713 g/mol. The number of pyridine rings is 1. The summed E-state index contributed by atoms with van der Waals surface area (Å²) in [5, 5.41) is 20.2. The zero-order valence-corrected chi connectivity index (χ0v) is 27.8. The summed E-state index contributed by atoms with van der Waals surface area (Å²) in [5.74, 6) is -2.86. The molecule has 4 N–H and O–H groups in total. The topological polar surface area (TPSA) is 142 Å². The van der Waals surface area contributed by atoms with Crippen LogP contribution in [0.2, 0.25) is 9.36 Å². The van der Waals surface area contributed by atoms with E-state index in [9.17, 15) is 19.1 Å². The Balaban J connectivity index is 1.33. The van der Waals surface area contributed by atoms with Gasteiger partial charge in [-0.05, 0) is 56.2 Å². The number of methoxy groups -OCH3 is 1. The van der Waals surface area contributed by atoms with E-state index >= 15 is 4.39 Å². The highest BCUT2D eigenvalue weighted by molar-refractivity contribution is 7.16. The van der Waals surface area contributed by atoms with Crippen LogP contribution in [0.1, 0.15) is 52.3 Å². The average molecular weight is 715 g/mol. The molecule has 48 heavy (non-hydrogen) atoms. The van der Waals surface area contributed by atoms with Crippen LogP contribution < -0.4 is 20.5 Å². The molecule has 0 bridgehead atoms. The molecular formula is C33H27Cl2F2N5O5S. The first-order chi connectivity index (χ1) is 22.8. The van der Waals surface area contributed by atoms with Crippen molar-refractivity contribution in [1.29, 1.82) is 0 Å². The third-order valence-electron chi connectivity index (χ3n) is 8.79. The van der Waals surface area contributed by atoms with Crippen molar-refractivity contribution in [3.63, 3.8) is 0 Å². The van der Waals surface area contributed by atoms with Crippen molar-refractivity contribution in [3.8, 4) is 22.8 Å². The number of thiophene rings is 1. The lowest BCUT2D eigenvalue weighted by molar-refractivity contribution is -0.123. The Hall–Kier alpha value is -4.30. The number of hydrogen-bond acceptors (Lipinski definition) is 8. The molecule has 4 heterocycles. The van der Waals surface area contributed by atoms with Gasteiger partial charge in [0.1, 0.15) is 46.4 Å². The van der Waals surface area contributed by atoms with Crippen LogP contribution in [0.4, 0.5) is 8.78 Å². The molecular weight excluding hydrogens is 687 g/mol. The SMILES string of the molecule is COc1cc(C(=O)NCC(O)(c2cc3c(c(-c4cc(Cl)c(F)cc4F)n2)OC[C@]3(C)C(N)=O)c2ccc(Cl)s2)cc2cn(C3CC3)nc12. The van der Waals surface area contributed by atoms with Gasteiger partial charge in [0, 0.05) is 39.2 Å². The van der Waals surface area contributed by atoms with E-state index in [0.717, 1.165) is 30.2 Å². The summed E-state index contributed by atoms with van der Waals surface area (Å²) >= 11 is 13.4. The fraction of sp³-hybridized carbons (Fsp3) is 0.273. The van der Waals surface area contributed by atoms with Crippen LogP contribution in [0.15, 0.2) is 48.7 Å². The Morgan fingerprint density at radius 2 is 1.98 bits per heavy atom. The molecule has 2 aromatic carbocycles. The van der Waals surface area contributed by atoms with Crippen molar-refractivity contribution < 1.29 is 33.0 Å². The number of nitrogens with zero attached hydrogens (tertiary/aromatic N) is 3. The van der Waals surface area contributed by atoms with Gasteiger partial charge in [0.15, 0.2) is 5.60 Å². The van der Waals surface area contributed by atoms with Crippen molar-refractivity contribution in [1.82, 2.24) is 20.1 Å². The Bertz CT molecular complexity index is 2150. The van der Waals surface area contributed by atoms with E-state index in [1.165, 1.54) is 13.2 Å². The largest absolute Gasteiger partial charge is 0.494 e. The van der Waals surface area contributed by atoms with Crippen LogP contribution in [0.5, 0.6) is 11.5 Å². The summed E-state index contributed by atoms with van der Waals surface area (Å²) in [7, 11) is 1.49. The maximum Gasteiger partial charge on any atom is 0.251 e. The molecule has 5 aromatic rings. The highest BCUT2D eigenvalue weighted by Crippen LogP contribution is 2.48. The summed E-state index contributed by atoms with van der Waals surface area (Å²) in [4.78, 5) is 31.3. The normalized spacial score (nSPS) is 18.3. The molecule has 0 radical (unpaired) electrons. The Kier molecular flexibility index (Phi) is 7.86. The van der Waals surface area contributed by atoms with Gasteiger partial charge in [-0.2, -0.15) is 5.10 Å². The predicted octanol–water partition coefficient (Wildman–Crippen LogP) is 5.89. The van der Waals surface area contributed by atoms with Crippen molar-refractivity contribution in [2.75, 3.05) is 20.3 Å². The van der Waals surface area contributed by atoms with Crippen molar-refractivity contribution in [2.24, 2.45) is 5.73 Å². The number of carbonyl (C=O) groups is 2. The molecule has 2 atom stereocenters. The zero-order valence-electron chi connectivity index (χ0n) is 25.4. The van der Waals surface area contributed by atoms with Gasteiger partial charge < -0.3 is 25.6 Å². The van der Waals surface area contributed by atoms with E-state index in [-0.39, 0.29) is 50.3 Å². The number of rotatable bonds is 9. The minimum absolute atomic E-state index is 0.0179. The van der Waals surface area contributed by atoms with Crippen molar-refractivity contribution >= 4 is 57.3 Å². The van der Waals surface area contributed by atoms with Gasteiger partial charge in [0.2, 0.25) is 5.91 Å². The van der Waals surface area contributed by atoms with E-state index in [4.69, 9.17) is 38.4 Å². The zero-order chi connectivity index (χ0) is 34.1. The Labute approximate surface area is 286 Å². The number of amides is 2. The third-order valence-corrected chi connectivity index (χ3v) is 10.5. The number of hydrogen-bond donors (Lipinski definition) is 3. The third kappa shape index (κ3) is 5.34. The molecule has 1 aliphatic heterocycles. The fourth-order valence-corrected chi connectivity index (χ4v) is 7.07. The number of benzene rings is 2. The average Bonchev–Trinajstić information content (AvgIpc) is 3.50. The molecule has 3 aromatic heterocycles. The summed E-state index contributed by atoms with van der Waals surface area (Å²) in [5.41, 5.74) is 2.91. The first-order valence-corrected chi connectivity index (χ1v) is 16.4. The quantitative estimate of drug-likeness (QED) is 0.162. The number of aliphatic hydroxyl groups is 1. The second-order valence-corrected chi connectivity index (χ2v) is 14.2. The van der Waals surface area contributed by atoms with E-state index in [1.54, 1.807) is 31.2 Å². The molecule has 10 nitrogen and oxygen atoms in total. The van der Waals surface area contributed by atoms with Gasteiger partial charge in [-0.25, -0.2) is 13.8 Å². The molecule has 15 heteroatoms. The highest BCUT2D eigenvalue weighted by Gasteiger charge is 2.46. The fourth-order valence-electron chi connectivity index (χ4n) is 5.77. The molecule has 248 valence electrons. The first-order valence-electron chi connectivity index (χ1n) is 14.8. The van der Waals surface area contributed by atoms with E-state index in [0.29, 0.717) is 33.1 Å². The number of halogens is 4. The lowest BCUT2D eigenvalue weighted by atomic mass is 9.81. The van der Waals surface area contributed by atoms with Crippen molar-refractivity contribution in [2.45, 2.75) is 36.8 Å². The predicted molar refractivity (Wildman–Crippen MR) is 176 cm³/mol. The number of aromatic nitrogens is 3. The van der Waals surface area contributed by atoms with Gasteiger partial charge in [-0.1, -0.05) is 23.2 Å². The van der Waals surface area contributed by atoms with Crippen LogP contribution >= 0.6 is 34.5 Å². The smallest absolute Gasteiger partial charge is 0.251 e. The molecule has 2 amide bonds. The molecule has 1 aliphatic carbocycles. The van der Waals surface area contributed by atoms with E-state index in [1.807, 2.05) is 10.9 Å². The molecule has 7 rings (SSSR count). The van der Waals surface area contributed by atoms with Crippen LogP contribution in [0, 0.1) is 11.6 Å².